The van der Waals surface area contributed by atoms with Crippen molar-refractivity contribution in [1.29, 1.82) is 0 Å². The van der Waals surface area contributed by atoms with Gasteiger partial charge in [0, 0.05) is 37.9 Å². The maximum Gasteiger partial charge on any atom is 0.471 e. The van der Waals surface area contributed by atoms with Gasteiger partial charge in [0.25, 0.3) is 0 Å². The van der Waals surface area contributed by atoms with Crippen molar-refractivity contribution >= 4 is 45.0 Å². The molecule has 0 aliphatic carbocycles. The lowest BCUT2D eigenvalue weighted by Crippen LogP contribution is -2.49. The first-order chi connectivity index (χ1) is 16.4. The molecule has 0 atom stereocenters. The molecule has 1 aliphatic rings. The number of halogens is 3. The summed E-state index contributed by atoms with van der Waals surface area (Å²) < 4.78 is 44.2. The number of carbonyl (C=O) groups excluding carboxylic acids is 1. The van der Waals surface area contributed by atoms with Gasteiger partial charge in [-0.05, 0) is 24.3 Å². The summed E-state index contributed by atoms with van der Waals surface area (Å²) in [5, 5.41) is 3.37. The summed E-state index contributed by atoms with van der Waals surface area (Å²) in [6, 6.07) is 11.2. The molecule has 176 valence electrons. The summed E-state index contributed by atoms with van der Waals surface area (Å²) in [5.74, 6) is -0.512. The van der Waals surface area contributed by atoms with E-state index in [1.807, 2.05) is 34.1 Å². The van der Waals surface area contributed by atoms with E-state index in [-0.39, 0.29) is 11.7 Å². The molecule has 1 fully saturated rings. The molecule has 3 aromatic heterocycles. The largest absolute Gasteiger partial charge is 0.471 e. The van der Waals surface area contributed by atoms with Gasteiger partial charge >= 0.3 is 12.1 Å². The molecule has 0 N–H and O–H groups in total. The lowest BCUT2D eigenvalue weighted by Gasteiger charge is -2.35. The van der Waals surface area contributed by atoms with E-state index in [1.54, 1.807) is 23.5 Å². The SMILES string of the molecule is O=C(CSc1nc2ccccc2s1)N1CCN(c2ccc(-c3noc(C(F)(F)F)n3)cn2)CC1. The van der Waals surface area contributed by atoms with Crippen LogP contribution in [0.4, 0.5) is 19.0 Å². The number of thioether (sulfide) groups is 1. The van der Waals surface area contributed by atoms with Gasteiger partial charge in [-0.1, -0.05) is 29.1 Å². The molecular formula is C21H17F3N6O2S2. The molecule has 0 saturated carbocycles. The number of amides is 1. The Labute approximate surface area is 199 Å². The van der Waals surface area contributed by atoms with Crippen molar-refractivity contribution in [2.24, 2.45) is 0 Å². The smallest absolute Gasteiger partial charge is 0.353 e. The number of alkyl halides is 3. The van der Waals surface area contributed by atoms with Gasteiger partial charge in [0.15, 0.2) is 4.34 Å². The Kier molecular flexibility index (Phi) is 6.13. The van der Waals surface area contributed by atoms with Crippen LogP contribution in [0.25, 0.3) is 21.6 Å². The normalized spacial score (nSPS) is 14.7. The lowest BCUT2D eigenvalue weighted by molar-refractivity contribution is -0.159. The van der Waals surface area contributed by atoms with Crippen LogP contribution in [-0.4, -0.2) is 62.8 Å². The second kappa shape index (κ2) is 9.22. The maximum atomic E-state index is 12.6. The van der Waals surface area contributed by atoms with Gasteiger partial charge in [0.2, 0.25) is 11.7 Å². The summed E-state index contributed by atoms with van der Waals surface area (Å²) in [6.07, 6.45) is -3.28. The first kappa shape index (κ1) is 22.6. The number of hydrogen-bond acceptors (Lipinski definition) is 9. The number of hydrogen-bond donors (Lipinski definition) is 0. The van der Waals surface area contributed by atoms with Crippen LogP contribution >= 0.6 is 23.1 Å². The zero-order chi connectivity index (χ0) is 23.7. The fourth-order valence-electron chi connectivity index (χ4n) is 3.47. The number of thiazole rings is 1. The molecule has 1 aliphatic heterocycles. The van der Waals surface area contributed by atoms with Gasteiger partial charge in [-0.15, -0.1) is 11.3 Å². The standard InChI is InChI=1S/C21H17F3N6O2S2/c22-21(23,24)19-27-18(28-32-19)13-5-6-16(25-11-13)29-7-9-30(10-8-29)17(31)12-33-20-26-14-3-1-2-4-15(14)34-20/h1-6,11H,7-10,12H2. The Bertz CT molecular complexity index is 1270. The average molecular weight is 507 g/mol. The number of carbonyl (C=O) groups is 1. The molecule has 1 saturated heterocycles. The molecule has 1 amide bonds. The van der Waals surface area contributed by atoms with Gasteiger partial charge in [-0.3, -0.25) is 4.79 Å². The highest BCUT2D eigenvalue weighted by molar-refractivity contribution is 8.01. The van der Waals surface area contributed by atoms with Gasteiger partial charge in [0.05, 0.1) is 16.0 Å². The van der Waals surface area contributed by atoms with Gasteiger partial charge in [0.1, 0.15) is 5.82 Å². The minimum atomic E-state index is -4.69. The number of rotatable bonds is 5. The third kappa shape index (κ3) is 4.85. The van der Waals surface area contributed by atoms with Crippen molar-refractivity contribution in [3.63, 3.8) is 0 Å². The average Bonchev–Trinajstić information content (AvgIpc) is 3.50. The third-order valence-electron chi connectivity index (χ3n) is 5.22. The predicted octanol–water partition coefficient (Wildman–Crippen LogP) is 4.20. The van der Waals surface area contributed by atoms with Crippen LogP contribution in [0.1, 0.15) is 5.89 Å². The van der Waals surface area contributed by atoms with Crippen LogP contribution < -0.4 is 4.90 Å². The molecule has 0 spiro atoms. The molecule has 4 aromatic rings. The van der Waals surface area contributed by atoms with Crippen LogP contribution in [0.5, 0.6) is 0 Å². The summed E-state index contributed by atoms with van der Waals surface area (Å²) >= 11 is 3.03. The molecule has 0 bridgehead atoms. The van der Waals surface area contributed by atoms with Crippen molar-refractivity contribution in [2.45, 2.75) is 10.5 Å². The van der Waals surface area contributed by atoms with Gasteiger partial charge in [-0.25, -0.2) is 9.97 Å². The third-order valence-corrected chi connectivity index (χ3v) is 7.39. The summed E-state index contributed by atoms with van der Waals surface area (Å²) in [5.41, 5.74) is 1.26. The molecule has 34 heavy (non-hydrogen) atoms. The fraction of sp³-hybridized carbons (Fsp3) is 0.286. The van der Waals surface area contributed by atoms with E-state index in [9.17, 15) is 18.0 Å². The monoisotopic (exact) mass is 506 g/mol. The molecule has 8 nitrogen and oxygen atoms in total. The topological polar surface area (TPSA) is 88.3 Å². The molecule has 0 radical (unpaired) electrons. The highest BCUT2D eigenvalue weighted by atomic mass is 32.2. The van der Waals surface area contributed by atoms with Crippen LogP contribution in [0, 0.1) is 0 Å². The van der Waals surface area contributed by atoms with Crippen molar-refractivity contribution in [3.05, 3.63) is 48.5 Å². The van der Waals surface area contributed by atoms with E-state index < -0.39 is 12.1 Å². The number of pyridine rings is 1. The Hall–Kier alpha value is -3.19. The zero-order valence-electron chi connectivity index (χ0n) is 17.5. The maximum absolute atomic E-state index is 12.6. The Morgan fingerprint density at radius 2 is 1.88 bits per heavy atom. The Balaban J connectivity index is 1.14. The summed E-state index contributed by atoms with van der Waals surface area (Å²) in [7, 11) is 0. The second-order valence-corrected chi connectivity index (χ2v) is 9.68. The van der Waals surface area contributed by atoms with Crippen molar-refractivity contribution in [1.82, 2.24) is 25.0 Å². The number of piperazine rings is 1. The first-order valence-electron chi connectivity index (χ1n) is 10.3. The summed E-state index contributed by atoms with van der Waals surface area (Å²) in [4.78, 5) is 28.7. The summed E-state index contributed by atoms with van der Waals surface area (Å²) in [6.45, 7) is 2.32. The van der Waals surface area contributed by atoms with E-state index in [1.165, 1.54) is 18.0 Å². The quantitative estimate of drug-likeness (QED) is 0.372. The number of para-hydroxylation sites is 1. The van der Waals surface area contributed by atoms with Crippen LogP contribution in [0.3, 0.4) is 0 Å². The van der Waals surface area contributed by atoms with Gasteiger partial charge in [-0.2, -0.15) is 18.2 Å². The number of benzene rings is 1. The number of aromatic nitrogens is 4. The molecule has 5 rings (SSSR count). The van der Waals surface area contributed by atoms with E-state index in [2.05, 4.69) is 24.6 Å². The lowest BCUT2D eigenvalue weighted by atomic mass is 10.2. The molecule has 0 unspecified atom stereocenters. The van der Waals surface area contributed by atoms with Crippen LogP contribution in [-0.2, 0) is 11.0 Å². The number of nitrogens with zero attached hydrogens (tertiary/aromatic N) is 6. The van der Waals surface area contributed by atoms with E-state index in [0.717, 1.165) is 14.6 Å². The van der Waals surface area contributed by atoms with Crippen molar-refractivity contribution in [2.75, 3.05) is 36.8 Å². The molecule has 4 heterocycles. The van der Waals surface area contributed by atoms with E-state index >= 15 is 0 Å². The zero-order valence-corrected chi connectivity index (χ0v) is 19.2. The van der Waals surface area contributed by atoms with E-state index in [4.69, 9.17) is 0 Å². The fourth-order valence-corrected chi connectivity index (χ4v) is 5.45. The van der Waals surface area contributed by atoms with Crippen molar-refractivity contribution in [3.8, 4) is 11.4 Å². The Morgan fingerprint density at radius 3 is 2.56 bits per heavy atom. The highest BCUT2D eigenvalue weighted by Gasteiger charge is 2.38. The highest BCUT2D eigenvalue weighted by Crippen LogP contribution is 2.30. The van der Waals surface area contributed by atoms with Crippen LogP contribution in [0.15, 0.2) is 51.5 Å². The van der Waals surface area contributed by atoms with Crippen LogP contribution in [0.2, 0.25) is 0 Å². The first-order valence-corrected chi connectivity index (χ1v) is 12.1. The minimum absolute atomic E-state index is 0.0600. The Morgan fingerprint density at radius 1 is 1.09 bits per heavy atom. The number of anilines is 1. The molecule has 13 heteroatoms. The predicted molar refractivity (Wildman–Crippen MR) is 122 cm³/mol. The minimum Gasteiger partial charge on any atom is -0.353 e. The van der Waals surface area contributed by atoms with Gasteiger partial charge < -0.3 is 14.3 Å². The van der Waals surface area contributed by atoms with E-state index in [0.29, 0.717) is 43.3 Å². The van der Waals surface area contributed by atoms with Crippen molar-refractivity contribution < 1.29 is 22.5 Å². The molecular weight excluding hydrogens is 489 g/mol. The second-order valence-electron chi connectivity index (χ2n) is 7.43. The number of fused-ring (bicyclic) bond motifs is 1. The molecule has 1 aromatic carbocycles.